The molecular formula is C30H34N6O. The zero-order chi connectivity index (χ0) is 25.6. The summed E-state index contributed by atoms with van der Waals surface area (Å²) in [6, 6.07) is 24.4. The van der Waals surface area contributed by atoms with Crippen molar-refractivity contribution in [2.24, 2.45) is 5.73 Å². The fraction of sp³-hybridized carbons (Fsp3) is 0.267. The Morgan fingerprint density at radius 1 is 1.00 bits per heavy atom. The number of nitrogens with two attached hydrogens (primary N) is 1. The Morgan fingerprint density at radius 3 is 2.46 bits per heavy atom. The SMILES string of the molecule is CNC(=O)c1c(NC2CCCCC2N)cn(Cc2ccc(-c3ccccn3)cc2)c1Nc1ccccc1. The lowest BCUT2D eigenvalue weighted by molar-refractivity contribution is 0.0964. The van der Waals surface area contributed by atoms with Gasteiger partial charge in [0.2, 0.25) is 0 Å². The molecule has 5 N–H and O–H groups in total. The van der Waals surface area contributed by atoms with Crippen molar-refractivity contribution in [1.29, 1.82) is 0 Å². The lowest BCUT2D eigenvalue weighted by atomic mass is 9.91. The molecule has 0 aliphatic heterocycles. The highest BCUT2D eigenvalue weighted by molar-refractivity contribution is 6.05. The summed E-state index contributed by atoms with van der Waals surface area (Å²) in [5.74, 6) is 0.598. The van der Waals surface area contributed by atoms with Crippen molar-refractivity contribution in [3.8, 4) is 11.3 Å². The maximum absolute atomic E-state index is 13.2. The van der Waals surface area contributed by atoms with Crippen LogP contribution >= 0.6 is 0 Å². The minimum absolute atomic E-state index is 0.0688. The summed E-state index contributed by atoms with van der Waals surface area (Å²) in [6.07, 6.45) is 8.11. The first-order valence-corrected chi connectivity index (χ1v) is 12.9. The molecule has 2 aromatic heterocycles. The molecule has 1 fully saturated rings. The first-order chi connectivity index (χ1) is 18.1. The summed E-state index contributed by atoms with van der Waals surface area (Å²) in [7, 11) is 1.67. The molecule has 1 amide bonds. The number of amides is 1. The number of hydrogen-bond acceptors (Lipinski definition) is 5. The van der Waals surface area contributed by atoms with E-state index in [1.165, 1.54) is 0 Å². The quantitative estimate of drug-likeness (QED) is 0.264. The molecule has 0 spiro atoms. The van der Waals surface area contributed by atoms with Crippen molar-refractivity contribution in [2.75, 3.05) is 17.7 Å². The van der Waals surface area contributed by atoms with Gasteiger partial charge in [0, 0.05) is 49.3 Å². The minimum Gasteiger partial charge on any atom is -0.379 e. The van der Waals surface area contributed by atoms with Gasteiger partial charge in [-0.2, -0.15) is 0 Å². The molecule has 0 bridgehead atoms. The predicted molar refractivity (Wildman–Crippen MR) is 150 cm³/mol. The molecule has 7 heteroatoms. The van der Waals surface area contributed by atoms with Crippen LogP contribution < -0.4 is 21.7 Å². The van der Waals surface area contributed by atoms with Crippen molar-refractivity contribution in [1.82, 2.24) is 14.9 Å². The molecule has 190 valence electrons. The van der Waals surface area contributed by atoms with Crippen LogP contribution in [0.3, 0.4) is 0 Å². The third kappa shape index (κ3) is 5.67. The minimum atomic E-state index is -0.144. The van der Waals surface area contributed by atoms with Crippen LogP contribution in [0.15, 0.2) is 85.2 Å². The van der Waals surface area contributed by atoms with E-state index in [1.807, 2.05) is 54.7 Å². The summed E-state index contributed by atoms with van der Waals surface area (Å²) in [5.41, 5.74) is 11.9. The average Bonchev–Trinajstić information content (AvgIpc) is 3.26. The maximum Gasteiger partial charge on any atom is 0.256 e. The number of nitrogens with one attached hydrogen (secondary N) is 3. The number of rotatable bonds is 8. The van der Waals surface area contributed by atoms with E-state index in [0.717, 1.165) is 59.7 Å². The Balaban J connectivity index is 1.51. The van der Waals surface area contributed by atoms with Gasteiger partial charge in [0.05, 0.1) is 11.4 Å². The number of anilines is 3. The second kappa shape index (κ2) is 11.3. The van der Waals surface area contributed by atoms with E-state index in [1.54, 1.807) is 13.2 Å². The normalized spacial score (nSPS) is 17.2. The smallest absolute Gasteiger partial charge is 0.256 e. The molecule has 2 heterocycles. The van der Waals surface area contributed by atoms with Crippen molar-refractivity contribution in [3.63, 3.8) is 0 Å². The lowest BCUT2D eigenvalue weighted by Gasteiger charge is -2.30. The van der Waals surface area contributed by atoms with E-state index in [-0.39, 0.29) is 18.0 Å². The van der Waals surface area contributed by atoms with E-state index in [9.17, 15) is 4.79 Å². The Kier molecular flexibility index (Phi) is 7.51. The van der Waals surface area contributed by atoms with Crippen LogP contribution in [-0.4, -0.2) is 34.6 Å². The highest BCUT2D eigenvalue weighted by Crippen LogP contribution is 2.33. The summed E-state index contributed by atoms with van der Waals surface area (Å²) in [4.78, 5) is 17.6. The molecule has 37 heavy (non-hydrogen) atoms. The highest BCUT2D eigenvalue weighted by Gasteiger charge is 2.27. The summed E-state index contributed by atoms with van der Waals surface area (Å²) >= 11 is 0. The Morgan fingerprint density at radius 2 is 1.76 bits per heavy atom. The van der Waals surface area contributed by atoms with Gasteiger partial charge < -0.3 is 26.3 Å². The molecule has 2 atom stereocenters. The number of benzene rings is 2. The second-order valence-corrected chi connectivity index (χ2v) is 9.58. The van der Waals surface area contributed by atoms with E-state index in [2.05, 4.69) is 49.8 Å². The van der Waals surface area contributed by atoms with Crippen molar-refractivity contribution >= 4 is 23.1 Å². The molecule has 1 aliphatic carbocycles. The van der Waals surface area contributed by atoms with Crippen LogP contribution in [0.5, 0.6) is 0 Å². The van der Waals surface area contributed by atoms with Crippen molar-refractivity contribution in [3.05, 3.63) is 96.3 Å². The van der Waals surface area contributed by atoms with Gasteiger partial charge in [-0.05, 0) is 42.7 Å². The number of aromatic nitrogens is 2. The summed E-state index contributed by atoms with van der Waals surface area (Å²) < 4.78 is 2.10. The van der Waals surface area contributed by atoms with Gasteiger partial charge in [0.25, 0.3) is 5.91 Å². The van der Waals surface area contributed by atoms with Crippen LogP contribution in [0.25, 0.3) is 11.3 Å². The molecule has 5 rings (SSSR count). The van der Waals surface area contributed by atoms with Gasteiger partial charge in [-0.15, -0.1) is 0 Å². The molecule has 7 nitrogen and oxygen atoms in total. The first kappa shape index (κ1) is 24.6. The fourth-order valence-corrected chi connectivity index (χ4v) is 4.99. The number of carbonyl (C=O) groups excluding carboxylic acids is 1. The molecular weight excluding hydrogens is 460 g/mol. The molecule has 2 unspecified atom stereocenters. The standard InChI is InChI=1S/C30H34N6O/c1-32-30(37)28-27(35-26-13-6-5-11-24(26)31)20-36(29(28)34-23-9-3-2-4-10-23)19-21-14-16-22(17-15-21)25-12-7-8-18-33-25/h2-4,7-10,12,14-18,20,24,26,34-35H,5-6,11,13,19,31H2,1H3,(H,32,37). The van der Waals surface area contributed by atoms with E-state index < -0.39 is 0 Å². The van der Waals surface area contributed by atoms with Crippen LogP contribution in [-0.2, 0) is 6.54 Å². The lowest BCUT2D eigenvalue weighted by Crippen LogP contribution is -2.42. The Labute approximate surface area is 218 Å². The van der Waals surface area contributed by atoms with Crippen LogP contribution in [0.4, 0.5) is 17.2 Å². The van der Waals surface area contributed by atoms with Gasteiger partial charge in [0.1, 0.15) is 11.4 Å². The summed E-state index contributed by atoms with van der Waals surface area (Å²) in [5, 5.41) is 9.95. The van der Waals surface area contributed by atoms with Crippen molar-refractivity contribution < 1.29 is 4.79 Å². The van der Waals surface area contributed by atoms with Gasteiger partial charge >= 0.3 is 0 Å². The average molecular weight is 495 g/mol. The number of nitrogens with zero attached hydrogens (tertiary/aromatic N) is 2. The molecule has 0 saturated heterocycles. The molecule has 2 aromatic carbocycles. The largest absolute Gasteiger partial charge is 0.379 e. The predicted octanol–water partition coefficient (Wildman–Crippen LogP) is 5.38. The molecule has 4 aromatic rings. The van der Waals surface area contributed by atoms with E-state index in [4.69, 9.17) is 5.73 Å². The third-order valence-electron chi connectivity index (χ3n) is 7.00. The maximum atomic E-state index is 13.2. The number of para-hydroxylation sites is 1. The van der Waals surface area contributed by atoms with Gasteiger partial charge in [-0.25, -0.2) is 0 Å². The topological polar surface area (TPSA) is 97.0 Å². The van der Waals surface area contributed by atoms with E-state index in [0.29, 0.717) is 12.1 Å². The monoisotopic (exact) mass is 494 g/mol. The molecule has 0 radical (unpaired) electrons. The molecule has 1 aliphatic rings. The van der Waals surface area contributed by atoms with Gasteiger partial charge in [-0.1, -0.05) is 61.4 Å². The first-order valence-electron chi connectivity index (χ1n) is 12.9. The number of pyridine rings is 1. The summed E-state index contributed by atoms with van der Waals surface area (Å²) in [6.45, 7) is 0.597. The van der Waals surface area contributed by atoms with Gasteiger partial charge in [0.15, 0.2) is 0 Å². The van der Waals surface area contributed by atoms with Crippen LogP contribution in [0.2, 0.25) is 0 Å². The van der Waals surface area contributed by atoms with Gasteiger partial charge in [-0.3, -0.25) is 9.78 Å². The fourth-order valence-electron chi connectivity index (χ4n) is 4.99. The Hall–Kier alpha value is -4.10. The molecule has 1 saturated carbocycles. The zero-order valence-electron chi connectivity index (χ0n) is 21.2. The van der Waals surface area contributed by atoms with Crippen LogP contribution in [0.1, 0.15) is 41.6 Å². The number of carbonyl (C=O) groups is 1. The van der Waals surface area contributed by atoms with Crippen LogP contribution in [0, 0.1) is 0 Å². The second-order valence-electron chi connectivity index (χ2n) is 9.58. The number of hydrogen-bond donors (Lipinski definition) is 4. The van der Waals surface area contributed by atoms with Crippen molar-refractivity contribution in [2.45, 2.75) is 44.3 Å². The zero-order valence-corrected chi connectivity index (χ0v) is 21.2. The third-order valence-corrected chi connectivity index (χ3v) is 7.00. The Bertz CT molecular complexity index is 1320. The highest BCUT2D eigenvalue weighted by atomic mass is 16.1. The van der Waals surface area contributed by atoms with E-state index >= 15 is 0 Å².